The molecule has 2 atom stereocenters. The summed E-state index contributed by atoms with van der Waals surface area (Å²) in [5.41, 5.74) is 4.56. The minimum absolute atomic E-state index is 0.0699. The third-order valence-electron chi connectivity index (χ3n) is 6.72. The highest BCUT2D eigenvalue weighted by molar-refractivity contribution is 6.00. The Morgan fingerprint density at radius 3 is 2.14 bits per heavy atom. The molecule has 0 bridgehead atoms. The number of carbonyl (C=O) groups is 3. The van der Waals surface area contributed by atoms with Crippen molar-refractivity contribution in [3.8, 4) is 18.1 Å². The van der Waals surface area contributed by atoms with Crippen LogP contribution in [0.25, 0.3) is 0 Å². The summed E-state index contributed by atoms with van der Waals surface area (Å²) in [4.78, 5) is 41.0. The Labute approximate surface area is 250 Å². The van der Waals surface area contributed by atoms with E-state index in [2.05, 4.69) is 16.7 Å². The van der Waals surface area contributed by atoms with E-state index in [4.69, 9.17) is 6.42 Å². The number of carbonyl (C=O) groups excluding carboxylic acids is 3. The van der Waals surface area contributed by atoms with Crippen LogP contribution in [0.3, 0.4) is 0 Å². The highest BCUT2D eigenvalue weighted by Crippen LogP contribution is 2.17. The number of likely N-dealkylation sites (N-methyl/N-ethyl adjacent to an activating group) is 1. The SMILES string of the molecule is C#Cc1cc(C(=O)NC(Cc2ccc(O)cc2)C(O)CN(CC)NC(=O)CC(C)C)cc(C(=O)N(CCC)CCC)c1. The normalized spacial score (nSPS) is 12.5. The monoisotopic (exact) mass is 578 g/mol. The summed E-state index contributed by atoms with van der Waals surface area (Å²) in [6, 6.07) is 10.4. The lowest BCUT2D eigenvalue weighted by atomic mass is 9.99. The summed E-state index contributed by atoms with van der Waals surface area (Å²) in [6.45, 7) is 11.5. The summed E-state index contributed by atoms with van der Waals surface area (Å²) < 4.78 is 0. The first-order chi connectivity index (χ1) is 20.0. The van der Waals surface area contributed by atoms with Gasteiger partial charge in [0, 0.05) is 49.3 Å². The molecule has 2 unspecified atom stereocenters. The van der Waals surface area contributed by atoms with Crippen molar-refractivity contribution in [2.24, 2.45) is 5.92 Å². The van der Waals surface area contributed by atoms with Crippen LogP contribution in [0.4, 0.5) is 0 Å². The molecule has 2 rings (SSSR count). The number of terminal acetylenes is 1. The van der Waals surface area contributed by atoms with Crippen molar-refractivity contribution in [2.45, 2.75) is 72.4 Å². The number of hydrogen-bond acceptors (Lipinski definition) is 6. The molecule has 9 nitrogen and oxygen atoms in total. The van der Waals surface area contributed by atoms with Gasteiger partial charge in [-0.1, -0.05) is 52.7 Å². The third kappa shape index (κ3) is 10.8. The van der Waals surface area contributed by atoms with Gasteiger partial charge in [0.25, 0.3) is 11.8 Å². The Morgan fingerprint density at radius 2 is 1.60 bits per heavy atom. The Balaban J connectivity index is 2.35. The molecule has 0 radical (unpaired) electrons. The summed E-state index contributed by atoms with van der Waals surface area (Å²) >= 11 is 0. The lowest BCUT2D eigenvalue weighted by Gasteiger charge is -2.30. The van der Waals surface area contributed by atoms with Gasteiger partial charge in [0.2, 0.25) is 5.91 Å². The topological polar surface area (TPSA) is 122 Å². The van der Waals surface area contributed by atoms with Crippen LogP contribution in [0.1, 0.15) is 85.7 Å². The standard InChI is InChI=1S/C33H46N4O5/c1-7-15-36(16-8-2)33(42)27-19-24(9-3)18-26(21-27)32(41)34-29(20-25-11-13-28(38)14-12-25)30(39)22-37(10-4)35-31(40)17-23(5)6/h3,11-14,18-19,21,23,29-30,38-39H,7-8,10,15-17,20,22H2,1-2,4-6H3,(H,34,41)(H,35,40). The number of nitrogens with one attached hydrogen (secondary N) is 2. The van der Waals surface area contributed by atoms with Gasteiger partial charge in [-0.3, -0.25) is 19.8 Å². The van der Waals surface area contributed by atoms with Crippen molar-refractivity contribution in [1.29, 1.82) is 0 Å². The average Bonchev–Trinajstić information content (AvgIpc) is 2.96. The Morgan fingerprint density at radius 1 is 0.976 bits per heavy atom. The van der Waals surface area contributed by atoms with Crippen molar-refractivity contribution in [3.63, 3.8) is 0 Å². The van der Waals surface area contributed by atoms with Gasteiger partial charge in [-0.2, -0.15) is 0 Å². The molecule has 2 aromatic rings. The third-order valence-corrected chi connectivity index (χ3v) is 6.72. The fraction of sp³-hybridized carbons (Fsp3) is 0.485. The molecule has 9 heteroatoms. The summed E-state index contributed by atoms with van der Waals surface area (Å²) in [7, 11) is 0. The lowest BCUT2D eigenvalue weighted by molar-refractivity contribution is -0.127. The smallest absolute Gasteiger partial charge is 0.253 e. The fourth-order valence-electron chi connectivity index (χ4n) is 4.62. The van der Waals surface area contributed by atoms with Gasteiger partial charge in [0.1, 0.15) is 5.75 Å². The molecule has 0 aliphatic carbocycles. The highest BCUT2D eigenvalue weighted by atomic mass is 16.3. The van der Waals surface area contributed by atoms with E-state index in [1.54, 1.807) is 34.2 Å². The molecule has 0 aliphatic heterocycles. The first-order valence-corrected chi connectivity index (χ1v) is 14.7. The average molecular weight is 579 g/mol. The molecule has 0 aliphatic rings. The number of phenolic OH excluding ortho intramolecular Hbond substituents is 1. The van der Waals surface area contributed by atoms with Crippen molar-refractivity contribution < 1.29 is 24.6 Å². The van der Waals surface area contributed by atoms with Gasteiger partial charge >= 0.3 is 0 Å². The van der Waals surface area contributed by atoms with Crippen molar-refractivity contribution >= 4 is 17.7 Å². The zero-order valence-electron chi connectivity index (χ0n) is 25.5. The van der Waals surface area contributed by atoms with Crippen LogP contribution in [0.15, 0.2) is 42.5 Å². The van der Waals surface area contributed by atoms with E-state index in [1.807, 2.05) is 34.6 Å². The molecule has 0 spiro atoms. The second-order valence-corrected chi connectivity index (χ2v) is 10.9. The molecule has 0 saturated carbocycles. The van der Waals surface area contributed by atoms with E-state index in [-0.39, 0.29) is 42.0 Å². The number of benzene rings is 2. The largest absolute Gasteiger partial charge is 0.508 e. The molecule has 0 fully saturated rings. The Hall–Kier alpha value is -3.87. The van der Waals surface area contributed by atoms with Crippen LogP contribution in [0.2, 0.25) is 0 Å². The van der Waals surface area contributed by atoms with Crippen LogP contribution < -0.4 is 10.7 Å². The molecular formula is C33H46N4O5. The molecular weight excluding hydrogens is 532 g/mol. The van der Waals surface area contributed by atoms with Gasteiger partial charge < -0.3 is 20.4 Å². The molecule has 4 N–H and O–H groups in total. The first kappa shape index (κ1) is 34.3. The molecule has 0 heterocycles. The number of nitrogens with zero attached hydrogens (tertiary/aromatic N) is 2. The maximum absolute atomic E-state index is 13.6. The molecule has 42 heavy (non-hydrogen) atoms. The number of rotatable bonds is 16. The van der Waals surface area contributed by atoms with Crippen molar-refractivity contribution in [2.75, 3.05) is 26.2 Å². The van der Waals surface area contributed by atoms with Gasteiger partial charge in [0.15, 0.2) is 0 Å². The first-order valence-electron chi connectivity index (χ1n) is 14.7. The lowest BCUT2D eigenvalue weighted by Crippen LogP contribution is -2.53. The van der Waals surface area contributed by atoms with E-state index in [1.165, 1.54) is 18.2 Å². The molecule has 3 amide bonds. The number of aromatic hydroxyl groups is 1. The molecule has 228 valence electrons. The zero-order chi connectivity index (χ0) is 31.2. The van der Waals surface area contributed by atoms with E-state index in [0.717, 1.165) is 18.4 Å². The highest BCUT2D eigenvalue weighted by Gasteiger charge is 2.26. The van der Waals surface area contributed by atoms with Crippen LogP contribution in [-0.2, 0) is 11.2 Å². The van der Waals surface area contributed by atoms with Gasteiger partial charge in [-0.15, -0.1) is 6.42 Å². The fourth-order valence-corrected chi connectivity index (χ4v) is 4.62. The second-order valence-electron chi connectivity index (χ2n) is 10.9. The number of hydrogen-bond donors (Lipinski definition) is 4. The maximum Gasteiger partial charge on any atom is 0.253 e. The van der Waals surface area contributed by atoms with Crippen molar-refractivity contribution in [3.05, 3.63) is 64.7 Å². The van der Waals surface area contributed by atoms with E-state index in [9.17, 15) is 24.6 Å². The van der Waals surface area contributed by atoms with Crippen LogP contribution >= 0.6 is 0 Å². The predicted molar refractivity (Wildman–Crippen MR) is 165 cm³/mol. The molecule has 2 aromatic carbocycles. The van der Waals surface area contributed by atoms with Gasteiger partial charge in [0.05, 0.1) is 12.1 Å². The summed E-state index contributed by atoms with van der Waals surface area (Å²) in [5, 5.41) is 25.6. The Kier molecular flexibility index (Phi) is 14.0. The van der Waals surface area contributed by atoms with E-state index >= 15 is 0 Å². The number of amides is 3. The van der Waals surface area contributed by atoms with Crippen molar-refractivity contribution in [1.82, 2.24) is 20.7 Å². The zero-order valence-corrected chi connectivity index (χ0v) is 25.5. The van der Waals surface area contributed by atoms with E-state index < -0.39 is 18.1 Å². The number of hydrazine groups is 1. The minimum Gasteiger partial charge on any atom is -0.508 e. The summed E-state index contributed by atoms with van der Waals surface area (Å²) in [6.07, 6.45) is 6.82. The van der Waals surface area contributed by atoms with Crippen LogP contribution in [-0.4, -0.2) is 76.2 Å². The van der Waals surface area contributed by atoms with Gasteiger partial charge in [-0.05, 0) is 61.1 Å². The quantitative estimate of drug-likeness (QED) is 0.178. The maximum atomic E-state index is 13.6. The number of phenols is 1. The number of aliphatic hydroxyl groups is 1. The predicted octanol–water partition coefficient (Wildman–Crippen LogP) is 3.74. The second kappa shape index (κ2) is 17.2. The van der Waals surface area contributed by atoms with Gasteiger partial charge in [-0.25, -0.2) is 5.01 Å². The molecule has 0 aromatic heterocycles. The minimum atomic E-state index is -1.07. The number of aliphatic hydroxyl groups excluding tert-OH is 1. The summed E-state index contributed by atoms with van der Waals surface area (Å²) in [5.74, 6) is 1.99. The molecule has 0 saturated heterocycles. The van der Waals surface area contributed by atoms with E-state index in [0.29, 0.717) is 37.2 Å². The van der Waals surface area contributed by atoms with Crippen LogP contribution in [0, 0.1) is 18.3 Å². The Bertz CT molecular complexity index is 1220. The van der Waals surface area contributed by atoms with Crippen LogP contribution in [0.5, 0.6) is 5.75 Å².